The van der Waals surface area contributed by atoms with E-state index in [9.17, 15) is 4.57 Å². The van der Waals surface area contributed by atoms with Crippen molar-refractivity contribution >= 4 is 7.82 Å². The molecule has 0 spiro atoms. The molecule has 0 saturated carbocycles. The number of hydrogen-bond acceptors (Lipinski definition) is 4. The predicted molar refractivity (Wildman–Crippen MR) is 48.5 cm³/mol. The first-order valence-electron chi connectivity index (χ1n) is 4.23. The Labute approximate surface area is 78.6 Å². The molecule has 0 aliphatic rings. The van der Waals surface area contributed by atoms with Crippen molar-refractivity contribution in [1.29, 1.82) is 0 Å². The molecule has 0 aromatic carbocycles. The van der Waals surface area contributed by atoms with Crippen LogP contribution in [0, 0.1) is 0 Å². The van der Waals surface area contributed by atoms with Crippen LogP contribution in [-0.2, 0) is 18.3 Å². The highest BCUT2D eigenvalue weighted by atomic mass is 31.2. The standard InChI is InChI=1S/C7H17O5P/c1-3-4-5-11-6-7-12-13(8,9)10-2/h3-7H2,1-2H3,(H,8,9). The van der Waals surface area contributed by atoms with Gasteiger partial charge in [0.2, 0.25) is 0 Å². The van der Waals surface area contributed by atoms with E-state index in [0.29, 0.717) is 13.2 Å². The van der Waals surface area contributed by atoms with E-state index in [-0.39, 0.29) is 6.61 Å². The number of unbranched alkanes of at least 4 members (excludes halogenated alkanes) is 1. The van der Waals surface area contributed by atoms with Crippen LogP contribution in [0.25, 0.3) is 0 Å². The Bertz CT molecular complexity index is 161. The zero-order chi connectivity index (χ0) is 10.2. The molecule has 13 heavy (non-hydrogen) atoms. The van der Waals surface area contributed by atoms with Crippen molar-refractivity contribution in [2.75, 3.05) is 26.9 Å². The average Bonchev–Trinajstić information content (AvgIpc) is 2.11. The van der Waals surface area contributed by atoms with E-state index in [0.717, 1.165) is 20.0 Å². The van der Waals surface area contributed by atoms with Crippen LogP contribution in [0.5, 0.6) is 0 Å². The van der Waals surface area contributed by atoms with Gasteiger partial charge in [-0.1, -0.05) is 13.3 Å². The Morgan fingerprint density at radius 2 is 2.00 bits per heavy atom. The van der Waals surface area contributed by atoms with Crippen LogP contribution >= 0.6 is 7.82 Å². The van der Waals surface area contributed by atoms with E-state index in [4.69, 9.17) is 9.63 Å². The summed E-state index contributed by atoms with van der Waals surface area (Å²) in [5.41, 5.74) is 0. The molecule has 0 rings (SSSR count). The molecular formula is C7H17O5P. The summed E-state index contributed by atoms with van der Waals surface area (Å²) >= 11 is 0. The second-order valence-electron chi connectivity index (χ2n) is 2.45. The van der Waals surface area contributed by atoms with Crippen molar-refractivity contribution in [1.82, 2.24) is 0 Å². The minimum absolute atomic E-state index is 0.0747. The second-order valence-corrected chi connectivity index (χ2v) is 4.01. The Morgan fingerprint density at radius 3 is 2.54 bits per heavy atom. The lowest BCUT2D eigenvalue weighted by Gasteiger charge is -2.08. The third-order valence-electron chi connectivity index (χ3n) is 1.36. The van der Waals surface area contributed by atoms with Crippen LogP contribution in [-0.4, -0.2) is 31.8 Å². The number of hydrogen-bond donors (Lipinski definition) is 1. The minimum atomic E-state index is -3.81. The van der Waals surface area contributed by atoms with Crippen molar-refractivity contribution in [3.8, 4) is 0 Å². The summed E-state index contributed by atoms with van der Waals surface area (Å²) in [6.45, 7) is 3.11. The van der Waals surface area contributed by atoms with Gasteiger partial charge in [0.05, 0.1) is 13.2 Å². The van der Waals surface area contributed by atoms with E-state index in [1.807, 2.05) is 0 Å². The van der Waals surface area contributed by atoms with Gasteiger partial charge in [-0.3, -0.25) is 9.05 Å². The molecule has 0 saturated heterocycles. The molecule has 0 aliphatic heterocycles. The maximum atomic E-state index is 10.7. The summed E-state index contributed by atoms with van der Waals surface area (Å²) in [6, 6.07) is 0. The first-order valence-corrected chi connectivity index (χ1v) is 5.72. The van der Waals surface area contributed by atoms with Crippen LogP contribution in [0.4, 0.5) is 0 Å². The maximum Gasteiger partial charge on any atom is 0.471 e. The fourth-order valence-corrected chi connectivity index (χ4v) is 1.02. The lowest BCUT2D eigenvalue weighted by Crippen LogP contribution is -2.04. The summed E-state index contributed by atoms with van der Waals surface area (Å²) in [6.07, 6.45) is 2.05. The molecule has 0 amide bonds. The SMILES string of the molecule is CCCCOCCOP(=O)(O)OC. The molecular weight excluding hydrogens is 195 g/mol. The molecule has 1 unspecified atom stereocenters. The van der Waals surface area contributed by atoms with Crippen LogP contribution in [0.2, 0.25) is 0 Å². The number of ether oxygens (including phenoxy) is 1. The molecule has 0 radical (unpaired) electrons. The van der Waals surface area contributed by atoms with Crippen LogP contribution in [0.3, 0.4) is 0 Å². The molecule has 80 valence electrons. The highest BCUT2D eigenvalue weighted by molar-refractivity contribution is 7.47. The van der Waals surface area contributed by atoms with E-state index < -0.39 is 7.82 Å². The van der Waals surface area contributed by atoms with Gasteiger partial charge in [-0.05, 0) is 6.42 Å². The summed E-state index contributed by atoms with van der Waals surface area (Å²) in [4.78, 5) is 8.78. The van der Waals surface area contributed by atoms with Gasteiger partial charge in [0.15, 0.2) is 0 Å². The van der Waals surface area contributed by atoms with Crippen molar-refractivity contribution in [2.45, 2.75) is 19.8 Å². The van der Waals surface area contributed by atoms with Crippen molar-refractivity contribution < 1.29 is 23.2 Å². The van der Waals surface area contributed by atoms with Crippen LogP contribution < -0.4 is 0 Å². The third-order valence-corrected chi connectivity index (χ3v) is 2.33. The number of phosphoric ester groups is 1. The lowest BCUT2D eigenvalue weighted by atomic mass is 10.4. The van der Waals surface area contributed by atoms with Gasteiger partial charge in [-0.2, -0.15) is 0 Å². The summed E-state index contributed by atoms with van der Waals surface area (Å²) in [5, 5.41) is 0. The topological polar surface area (TPSA) is 65.0 Å². The third kappa shape index (κ3) is 8.40. The van der Waals surface area contributed by atoms with Gasteiger partial charge < -0.3 is 9.63 Å². The zero-order valence-electron chi connectivity index (χ0n) is 8.06. The summed E-state index contributed by atoms with van der Waals surface area (Å²) < 4.78 is 24.5. The second kappa shape index (κ2) is 7.47. The van der Waals surface area contributed by atoms with Crippen LogP contribution in [0.1, 0.15) is 19.8 Å². The van der Waals surface area contributed by atoms with Gasteiger partial charge in [0.1, 0.15) is 0 Å². The van der Waals surface area contributed by atoms with Gasteiger partial charge in [-0.15, -0.1) is 0 Å². The van der Waals surface area contributed by atoms with E-state index in [1.54, 1.807) is 0 Å². The fourth-order valence-electron chi connectivity index (χ4n) is 0.613. The van der Waals surface area contributed by atoms with Crippen molar-refractivity contribution in [3.63, 3.8) is 0 Å². The molecule has 0 heterocycles. The monoisotopic (exact) mass is 212 g/mol. The molecule has 5 nitrogen and oxygen atoms in total. The molecule has 1 atom stereocenters. The Morgan fingerprint density at radius 1 is 1.31 bits per heavy atom. The first kappa shape index (κ1) is 13.1. The molecule has 1 N–H and O–H groups in total. The van der Waals surface area contributed by atoms with E-state index in [2.05, 4.69) is 16.0 Å². The van der Waals surface area contributed by atoms with Crippen molar-refractivity contribution in [2.24, 2.45) is 0 Å². The Balaban J connectivity index is 3.21. The molecule has 0 bridgehead atoms. The highest BCUT2D eigenvalue weighted by Crippen LogP contribution is 2.41. The maximum absolute atomic E-state index is 10.7. The molecule has 0 fully saturated rings. The Kier molecular flexibility index (Phi) is 7.51. The van der Waals surface area contributed by atoms with Gasteiger partial charge in [-0.25, -0.2) is 4.57 Å². The minimum Gasteiger partial charge on any atom is -0.379 e. The van der Waals surface area contributed by atoms with Gasteiger partial charge in [0.25, 0.3) is 0 Å². The van der Waals surface area contributed by atoms with Gasteiger partial charge >= 0.3 is 7.82 Å². The molecule has 0 aliphatic carbocycles. The normalized spacial score (nSPS) is 15.6. The van der Waals surface area contributed by atoms with E-state index >= 15 is 0 Å². The van der Waals surface area contributed by atoms with Crippen molar-refractivity contribution in [3.05, 3.63) is 0 Å². The molecule has 0 aromatic rings. The average molecular weight is 212 g/mol. The van der Waals surface area contributed by atoms with E-state index in [1.165, 1.54) is 0 Å². The highest BCUT2D eigenvalue weighted by Gasteiger charge is 2.17. The fraction of sp³-hybridized carbons (Fsp3) is 1.00. The Hall–Kier alpha value is 0.0700. The van der Waals surface area contributed by atoms with Crippen LogP contribution in [0.15, 0.2) is 0 Å². The molecule has 0 aromatic heterocycles. The predicted octanol–water partition coefficient (Wildman–Crippen LogP) is 1.57. The largest absolute Gasteiger partial charge is 0.471 e. The number of phosphoric acid groups is 1. The molecule has 6 heteroatoms. The number of rotatable bonds is 8. The lowest BCUT2D eigenvalue weighted by molar-refractivity contribution is 0.0800. The summed E-state index contributed by atoms with van der Waals surface area (Å²) in [7, 11) is -2.69. The smallest absolute Gasteiger partial charge is 0.379 e. The quantitative estimate of drug-likeness (QED) is 0.488. The van der Waals surface area contributed by atoms with Gasteiger partial charge in [0, 0.05) is 13.7 Å². The zero-order valence-corrected chi connectivity index (χ0v) is 8.96. The summed E-state index contributed by atoms with van der Waals surface area (Å²) in [5.74, 6) is 0. The first-order chi connectivity index (χ1) is 6.12.